The van der Waals surface area contributed by atoms with Crippen molar-refractivity contribution in [3.8, 4) is 17.4 Å². The van der Waals surface area contributed by atoms with E-state index in [0.717, 1.165) is 16.5 Å². The van der Waals surface area contributed by atoms with Crippen molar-refractivity contribution in [1.82, 2.24) is 14.2 Å². The molecule has 1 N–H and O–H groups in total. The Kier molecular flexibility index (Phi) is 8.03. The zero-order valence-corrected chi connectivity index (χ0v) is 24.7. The molecule has 0 unspecified atom stereocenters. The van der Waals surface area contributed by atoms with Crippen LogP contribution in [-0.4, -0.2) is 79.9 Å². The molecule has 4 rings (SSSR count). The summed E-state index contributed by atoms with van der Waals surface area (Å²) in [6.07, 6.45) is 1.63. The molecule has 0 amide bonds. The highest BCUT2D eigenvalue weighted by atomic mass is 79.9. The summed E-state index contributed by atoms with van der Waals surface area (Å²) in [7, 11) is -11.6. The summed E-state index contributed by atoms with van der Waals surface area (Å²) in [5.41, 5.74) is 0.0597. The van der Waals surface area contributed by atoms with Crippen LogP contribution in [0.25, 0.3) is 10.9 Å². The van der Waals surface area contributed by atoms with Crippen LogP contribution in [0.2, 0.25) is 0 Å². The lowest BCUT2D eigenvalue weighted by Crippen LogP contribution is -2.42. The number of ether oxygens (including phenoxy) is 1. The Labute approximate surface area is 229 Å². The highest BCUT2D eigenvalue weighted by Crippen LogP contribution is 2.46. The van der Waals surface area contributed by atoms with Crippen LogP contribution < -0.4 is 18.4 Å². The van der Waals surface area contributed by atoms with Gasteiger partial charge in [-0.15, -0.1) is 0 Å². The number of aromatic nitrogens is 1. The van der Waals surface area contributed by atoms with E-state index < -0.39 is 36.1 Å². The molecule has 3 aromatic rings. The average Bonchev–Trinajstić information content (AvgIpc) is 3.11. The topological polar surface area (TPSA) is 150 Å². The average molecular weight is 653 g/mol. The van der Waals surface area contributed by atoms with Crippen LogP contribution in [0.3, 0.4) is 0 Å². The number of hydrogen-bond donors (Lipinski definition) is 1. The number of rotatable bonds is 9. The minimum Gasteiger partial charge on any atom is -0.493 e. The molecule has 1 aromatic heterocycles. The Morgan fingerprint density at radius 1 is 0.921 bits per heavy atom. The molecule has 0 bridgehead atoms. The quantitative estimate of drug-likeness (QED) is 0.337. The Morgan fingerprint density at radius 3 is 2.13 bits per heavy atom. The van der Waals surface area contributed by atoms with Crippen molar-refractivity contribution in [2.24, 2.45) is 0 Å². The van der Waals surface area contributed by atoms with Gasteiger partial charge in [0.15, 0.2) is 11.5 Å². The summed E-state index contributed by atoms with van der Waals surface area (Å²) in [6, 6.07) is 8.75. The van der Waals surface area contributed by atoms with Gasteiger partial charge >= 0.3 is 20.2 Å². The molecule has 0 aliphatic carbocycles. The maximum atomic E-state index is 14.1. The van der Waals surface area contributed by atoms with Crippen LogP contribution in [0.1, 0.15) is 5.56 Å². The lowest BCUT2D eigenvalue weighted by molar-refractivity contribution is 0.232. The fourth-order valence-electron chi connectivity index (χ4n) is 4.21. The number of fused-ring (bicyclic) bond motifs is 1. The molecule has 2 heterocycles. The van der Waals surface area contributed by atoms with Crippen molar-refractivity contribution in [3.05, 3.63) is 46.4 Å². The molecule has 1 aliphatic heterocycles. The Hall–Kier alpha value is -2.37. The summed E-state index contributed by atoms with van der Waals surface area (Å²) in [5.74, 6) is -0.772. The third-order valence-electron chi connectivity index (χ3n) is 5.69. The van der Waals surface area contributed by atoms with Crippen LogP contribution in [0.4, 0.5) is 0 Å². The predicted octanol–water partition coefficient (Wildman–Crippen LogP) is 1.73. The minimum atomic E-state index is -4.50. The van der Waals surface area contributed by atoms with E-state index in [4.69, 9.17) is 13.1 Å². The van der Waals surface area contributed by atoms with Gasteiger partial charge in [0.1, 0.15) is 4.90 Å². The maximum Gasteiger partial charge on any atom is 0.307 e. The number of nitrogens with zero attached hydrogens (tertiary/aromatic N) is 2. The monoisotopic (exact) mass is 651 g/mol. The summed E-state index contributed by atoms with van der Waals surface area (Å²) < 4.78 is 94.5. The molecule has 0 atom stereocenters. The number of halogens is 1. The van der Waals surface area contributed by atoms with Gasteiger partial charge < -0.3 is 18.4 Å². The standard InChI is InChI=1S/C22H26BrN3O9S3/c1-33-18-9-8-17-20(21(18)34-36(2,27)28)15(14-25-12-10-24-11-13-25)22(35-37(3,29)30)26(17)38(31,32)19-7-5-4-6-16(19)23/h4-9,24H,10-14H2,1-3H3. The van der Waals surface area contributed by atoms with E-state index in [1.165, 1.54) is 37.4 Å². The highest BCUT2D eigenvalue weighted by Gasteiger charge is 2.35. The fourth-order valence-corrected chi connectivity index (χ4v) is 7.62. The SMILES string of the molecule is COc1ccc2c(c(CN3CCNCC3)c(OS(C)(=O)=O)n2S(=O)(=O)c2ccccc2Br)c1OS(C)(=O)=O. The number of benzene rings is 2. The van der Waals surface area contributed by atoms with Crippen molar-refractivity contribution in [2.45, 2.75) is 11.4 Å². The first-order valence-electron chi connectivity index (χ1n) is 11.2. The van der Waals surface area contributed by atoms with Gasteiger partial charge in [-0.1, -0.05) is 12.1 Å². The van der Waals surface area contributed by atoms with E-state index in [9.17, 15) is 25.3 Å². The molecule has 208 valence electrons. The van der Waals surface area contributed by atoms with Crippen molar-refractivity contribution < 1.29 is 38.4 Å². The molecule has 2 aromatic carbocycles. The van der Waals surface area contributed by atoms with Gasteiger partial charge in [0.25, 0.3) is 10.0 Å². The first-order chi connectivity index (χ1) is 17.7. The smallest absolute Gasteiger partial charge is 0.307 e. The molecule has 1 aliphatic rings. The van der Waals surface area contributed by atoms with Gasteiger partial charge in [-0.25, -0.2) is 12.4 Å². The van der Waals surface area contributed by atoms with E-state index in [2.05, 4.69) is 21.2 Å². The van der Waals surface area contributed by atoms with Crippen LogP contribution in [-0.2, 0) is 36.8 Å². The number of methoxy groups -OCH3 is 1. The largest absolute Gasteiger partial charge is 0.493 e. The first kappa shape index (κ1) is 28.6. The summed E-state index contributed by atoms with van der Waals surface area (Å²) in [6.45, 7) is 2.45. The molecule has 12 nitrogen and oxygen atoms in total. The first-order valence-corrected chi connectivity index (χ1v) is 17.1. The molecule has 1 saturated heterocycles. The number of nitrogens with one attached hydrogen (secondary N) is 1. The number of piperazine rings is 1. The molecule has 1 fully saturated rings. The minimum absolute atomic E-state index is 0.00540. The third-order valence-corrected chi connectivity index (χ3v) is 9.33. The summed E-state index contributed by atoms with van der Waals surface area (Å²) >= 11 is 3.25. The zero-order chi connectivity index (χ0) is 27.9. The lowest BCUT2D eigenvalue weighted by atomic mass is 10.1. The van der Waals surface area contributed by atoms with Gasteiger partial charge in [-0.2, -0.15) is 16.8 Å². The van der Waals surface area contributed by atoms with E-state index in [-0.39, 0.29) is 43.9 Å². The van der Waals surface area contributed by atoms with Crippen molar-refractivity contribution in [2.75, 3.05) is 45.8 Å². The molecular formula is C22H26BrN3O9S3. The second-order valence-electron chi connectivity index (χ2n) is 8.58. The lowest BCUT2D eigenvalue weighted by Gasteiger charge is -2.27. The molecular weight excluding hydrogens is 626 g/mol. The van der Waals surface area contributed by atoms with Crippen molar-refractivity contribution >= 4 is 57.1 Å². The van der Waals surface area contributed by atoms with Crippen LogP contribution in [0.15, 0.2) is 45.8 Å². The molecule has 0 spiro atoms. The molecule has 0 radical (unpaired) electrons. The van der Waals surface area contributed by atoms with E-state index in [0.29, 0.717) is 26.2 Å². The van der Waals surface area contributed by atoms with Gasteiger partial charge in [0.05, 0.1) is 30.5 Å². The Balaban J connectivity index is 2.17. The van der Waals surface area contributed by atoms with Crippen LogP contribution in [0.5, 0.6) is 17.4 Å². The molecule has 0 saturated carbocycles. The maximum absolute atomic E-state index is 14.1. The second-order valence-corrected chi connectivity index (χ2v) is 14.3. The van der Waals surface area contributed by atoms with E-state index in [1.807, 2.05) is 4.90 Å². The van der Waals surface area contributed by atoms with Crippen LogP contribution in [0, 0.1) is 0 Å². The Morgan fingerprint density at radius 2 is 1.55 bits per heavy atom. The summed E-state index contributed by atoms with van der Waals surface area (Å²) in [4.78, 5) is 1.80. The highest BCUT2D eigenvalue weighted by molar-refractivity contribution is 9.10. The van der Waals surface area contributed by atoms with Crippen LogP contribution >= 0.6 is 15.9 Å². The fraction of sp³-hybridized carbons (Fsp3) is 0.364. The van der Waals surface area contributed by atoms with Gasteiger partial charge in [0.2, 0.25) is 5.88 Å². The predicted molar refractivity (Wildman–Crippen MR) is 144 cm³/mol. The Bertz CT molecular complexity index is 1700. The van der Waals surface area contributed by atoms with Crippen molar-refractivity contribution in [3.63, 3.8) is 0 Å². The summed E-state index contributed by atoms with van der Waals surface area (Å²) in [5, 5.41) is 3.24. The number of hydrogen-bond acceptors (Lipinski definition) is 11. The third kappa shape index (κ3) is 5.94. The normalized spacial score (nSPS) is 15.5. The van der Waals surface area contributed by atoms with Gasteiger partial charge in [-0.05, 0) is 40.2 Å². The zero-order valence-electron chi connectivity index (χ0n) is 20.7. The second kappa shape index (κ2) is 10.7. The molecule has 38 heavy (non-hydrogen) atoms. The van der Waals surface area contributed by atoms with Crippen molar-refractivity contribution in [1.29, 1.82) is 0 Å². The molecule has 16 heteroatoms. The van der Waals surface area contributed by atoms with E-state index in [1.54, 1.807) is 6.07 Å². The van der Waals surface area contributed by atoms with E-state index >= 15 is 0 Å². The van der Waals surface area contributed by atoms with Gasteiger partial charge in [-0.3, -0.25) is 4.90 Å². The van der Waals surface area contributed by atoms with Gasteiger partial charge in [0, 0.05) is 42.8 Å².